The smallest absolute Gasteiger partial charge is 0.308 e. The van der Waals surface area contributed by atoms with Gasteiger partial charge in [0.15, 0.2) is 0 Å². The Kier molecular flexibility index (Phi) is 9.09. The van der Waals surface area contributed by atoms with Gasteiger partial charge in [0.1, 0.15) is 0 Å². The average molecular weight is 383 g/mol. The van der Waals surface area contributed by atoms with Crippen molar-refractivity contribution in [2.24, 2.45) is 11.7 Å². The highest BCUT2D eigenvalue weighted by molar-refractivity contribution is 5.85. The van der Waals surface area contributed by atoms with Gasteiger partial charge < -0.3 is 15.8 Å². The largest absolute Gasteiger partial charge is 0.463 e. The van der Waals surface area contributed by atoms with Crippen LogP contribution in [0.4, 0.5) is 0 Å². The number of carbonyl (C=O) groups excluding carboxylic acids is 2. The number of esters is 1. The number of carbonyl (C=O) groups is 2. The summed E-state index contributed by atoms with van der Waals surface area (Å²) in [5.74, 6) is -0.120. The predicted molar refractivity (Wildman–Crippen MR) is 105 cm³/mol. The number of aryl methyl sites for hydroxylation is 1. The van der Waals surface area contributed by atoms with E-state index in [1.54, 1.807) is 0 Å². The molecule has 0 bridgehead atoms. The molecule has 1 amide bonds. The molecule has 0 aromatic heterocycles. The Morgan fingerprint density at radius 1 is 1.23 bits per heavy atom. The molecule has 1 aromatic carbocycles. The highest BCUT2D eigenvalue weighted by atomic mass is 35.5. The SMILES string of the molecule is Cc1ccc(C(CC(=O)OC(C)C)NC(=O)C[C@@H]2CCC[C@H]2N)cc1.Cl. The lowest BCUT2D eigenvalue weighted by Crippen LogP contribution is -2.35. The summed E-state index contributed by atoms with van der Waals surface area (Å²) in [5.41, 5.74) is 8.11. The van der Waals surface area contributed by atoms with Gasteiger partial charge in [0.05, 0.1) is 18.6 Å². The monoisotopic (exact) mass is 382 g/mol. The van der Waals surface area contributed by atoms with Crippen molar-refractivity contribution >= 4 is 24.3 Å². The standard InChI is InChI=1S/C20H30N2O3.ClH/c1-13(2)25-20(24)12-18(15-9-7-14(3)8-10-15)22-19(23)11-16-5-4-6-17(16)21;/h7-10,13,16-18H,4-6,11-12,21H2,1-3H3,(H,22,23);1H/t16-,17+,18?;/m0./s1. The Morgan fingerprint density at radius 3 is 2.42 bits per heavy atom. The summed E-state index contributed by atoms with van der Waals surface area (Å²) in [6.07, 6.45) is 3.45. The molecule has 0 radical (unpaired) electrons. The normalized spacial score (nSPS) is 20.3. The maximum Gasteiger partial charge on any atom is 0.308 e. The third kappa shape index (κ3) is 6.96. The summed E-state index contributed by atoms with van der Waals surface area (Å²) in [6, 6.07) is 7.59. The van der Waals surface area contributed by atoms with Gasteiger partial charge in [-0.2, -0.15) is 0 Å². The van der Waals surface area contributed by atoms with Crippen LogP contribution in [0.3, 0.4) is 0 Å². The van der Waals surface area contributed by atoms with Crippen LogP contribution in [0.2, 0.25) is 0 Å². The van der Waals surface area contributed by atoms with Crippen molar-refractivity contribution in [1.29, 1.82) is 0 Å². The second-order valence-electron chi connectivity index (χ2n) is 7.33. The molecule has 2 rings (SSSR count). The molecule has 26 heavy (non-hydrogen) atoms. The third-order valence-corrected chi connectivity index (χ3v) is 4.72. The summed E-state index contributed by atoms with van der Waals surface area (Å²) in [4.78, 5) is 24.6. The lowest BCUT2D eigenvalue weighted by molar-refractivity contribution is -0.148. The fourth-order valence-electron chi connectivity index (χ4n) is 3.34. The molecule has 0 heterocycles. The maximum atomic E-state index is 12.5. The van der Waals surface area contributed by atoms with Gasteiger partial charge in [0.25, 0.3) is 0 Å². The number of rotatable bonds is 7. The Hall–Kier alpha value is -1.59. The van der Waals surface area contributed by atoms with Crippen LogP contribution in [-0.2, 0) is 14.3 Å². The zero-order chi connectivity index (χ0) is 18.4. The van der Waals surface area contributed by atoms with Gasteiger partial charge >= 0.3 is 5.97 Å². The van der Waals surface area contributed by atoms with E-state index in [4.69, 9.17) is 10.5 Å². The lowest BCUT2D eigenvalue weighted by atomic mass is 9.98. The Labute approximate surface area is 162 Å². The van der Waals surface area contributed by atoms with E-state index >= 15 is 0 Å². The van der Waals surface area contributed by atoms with Crippen LogP contribution in [0, 0.1) is 12.8 Å². The third-order valence-electron chi connectivity index (χ3n) is 4.72. The summed E-state index contributed by atoms with van der Waals surface area (Å²) in [5, 5.41) is 3.01. The van der Waals surface area contributed by atoms with Crippen molar-refractivity contribution in [3.63, 3.8) is 0 Å². The summed E-state index contributed by atoms with van der Waals surface area (Å²) >= 11 is 0. The molecule has 3 atom stereocenters. The average Bonchev–Trinajstić information content (AvgIpc) is 2.91. The van der Waals surface area contributed by atoms with Gasteiger partial charge in [0.2, 0.25) is 5.91 Å². The van der Waals surface area contributed by atoms with Gasteiger partial charge in [-0.05, 0) is 45.1 Å². The number of amides is 1. The van der Waals surface area contributed by atoms with E-state index in [9.17, 15) is 9.59 Å². The molecule has 0 saturated heterocycles. The summed E-state index contributed by atoms with van der Waals surface area (Å²) in [6.45, 7) is 5.64. The van der Waals surface area contributed by atoms with Gasteiger partial charge in [-0.15, -0.1) is 12.4 Å². The number of hydrogen-bond acceptors (Lipinski definition) is 4. The van der Waals surface area contributed by atoms with E-state index in [-0.39, 0.29) is 54.8 Å². The quantitative estimate of drug-likeness (QED) is 0.708. The molecule has 1 aliphatic rings. The van der Waals surface area contributed by atoms with E-state index in [2.05, 4.69) is 5.32 Å². The number of nitrogens with one attached hydrogen (secondary N) is 1. The zero-order valence-electron chi connectivity index (χ0n) is 15.9. The van der Waals surface area contributed by atoms with Crippen molar-refractivity contribution < 1.29 is 14.3 Å². The molecule has 0 aliphatic heterocycles. The summed E-state index contributed by atoms with van der Waals surface area (Å²) < 4.78 is 5.25. The van der Waals surface area contributed by atoms with E-state index < -0.39 is 0 Å². The molecule has 5 nitrogen and oxygen atoms in total. The molecular formula is C20H31ClN2O3. The first-order valence-electron chi connectivity index (χ1n) is 9.16. The van der Waals surface area contributed by atoms with E-state index in [1.807, 2.05) is 45.0 Å². The number of nitrogens with two attached hydrogens (primary N) is 1. The van der Waals surface area contributed by atoms with Crippen LogP contribution in [0.15, 0.2) is 24.3 Å². The second-order valence-corrected chi connectivity index (χ2v) is 7.33. The minimum absolute atomic E-state index is 0. The predicted octanol–water partition coefficient (Wildman–Crippen LogP) is 3.43. The highest BCUT2D eigenvalue weighted by Gasteiger charge is 2.27. The molecule has 1 fully saturated rings. The van der Waals surface area contributed by atoms with Gasteiger partial charge in [-0.1, -0.05) is 36.2 Å². The van der Waals surface area contributed by atoms with Crippen LogP contribution < -0.4 is 11.1 Å². The summed E-state index contributed by atoms with van der Waals surface area (Å²) in [7, 11) is 0. The van der Waals surface area contributed by atoms with Crippen LogP contribution in [-0.4, -0.2) is 24.0 Å². The van der Waals surface area contributed by atoms with Crippen molar-refractivity contribution in [3.05, 3.63) is 35.4 Å². The Morgan fingerprint density at radius 2 is 1.88 bits per heavy atom. The first kappa shape index (κ1) is 22.5. The second kappa shape index (κ2) is 10.5. The van der Waals surface area contributed by atoms with E-state index in [0.717, 1.165) is 30.4 Å². The van der Waals surface area contributed by atoms with Crippen LogP contribution in [0.5, 0.6) is 0 Å². The highest BCUT2D eigenvalue weighted by Crippen LogP contribution is 2.27. The molecule has 1 aliphatic carbocycles. The van der Waals surface area contributed by atoms with Gasteiger partial charge in [-0.3, -0.25) is 9.59 Å². The molecule has 1 saturated carbocycles. The number of benzene rings is 1. The maximum absolute atomic E-state index is 12.5. The van der Waals surface area contributed by atoms with E-state index in [1.165, 1.54) is 0 Å². The van der Waals surface area contributed by atoms with E-state index in [0.29, 0.717) is 6.42 Å². The van der Waals surface area contributed by atoms with Crippen LogP contribution in [0.25, 0.3) is 0 Å². The van der Waals surface area contributed by atoms with Gasteiger partial charge in [-0.25, -0.2) is 0 Å². The Bertz CT molecular complexity index is 589. The van der Waals surface area contributed by atoms with Gasteiger partial charge in [0, 0.05) is 12.5 Å². The number of ether oxygens (including phenoxy) is 1. The molecule has 1 aromatic rings. The fraction of sp³-hybridized carbons (Fsp3) is 0.600. The van der Waals surface area contributed by atoms with Crippen molar-refractivity contribution in [1.82, 2.24) is 5.32 Å². The molecule has 1 unspecified atom stereocenters. The zero-order valence-corrected chi connectivity index (χ0v) is 16.7. The molecule has 0 spiro atoms. The van der Waals surface area contributed by atoms with Crippen LogP contribution >= 0.6 is 12.4 Å². The first-order chi connectivity index (χ1) is 11.8. The topological polar surface area (TPSA) is 81.4 Å². The van der Waals surface area contributed by atoms with Crippen LogP contribution in [0.1, 0.15) is 63.1 Å². The lowest BCUT2D eigenvalue weighted by Gasteiger charge is -2.21. The molecule has 3 N–H and O–H groups in total. The van der Waals surface area contributed by atoms with Crippen molar-refractivity contribution in [3.8, 4) is 0 Å². The molecule has 146 valence electrons. The molecular weight excluding hydrogens is 352 g/mol. The first-order valence-corrected chi connectivity index (χ1v) is 9.16. The molecule has 6 heteroatoms. The fourth-order valence-corrected chi connectivity index (χ4v) is 3.34. The van der Waals surface area contributed by atoms with Crippen molar-refractivity contribution in [2.45, 2.75) is 71.1 Å². The number of halogens is 1. The number of hydrogen-bond donors (Lipinski definition) is 2. The Balaban J connectivity index is 0.00000338. The minimum atomic E-state index is -0.378. The van der Waals surface area contributed by atoms with Crippen molar-refractivity contribution in [2.75, 3.05) is 0 Å². The minimum Gasteiger partial charge on any atom is -0.463 e.